The zero-order valence-corrected chi connectivity index (χ0v) is 47.3. The lowest BCUT2D eigenvalue weighted by Gasteiger charge is -2.18. The van der Waals surface area contributed by atoms with Crippen LogP contribution in [0.15, 0.2) is 24.3 Å². The van der Waals surface area contributed by atoms with Crippen LogP contribution in [-0.2, 0) is 28.6 Å². The SMILES string of the molecule is CCCCC/C=C\C/C=C\CCCCCCCC(=O)OC(COC(=O)CCCCCCCCCCCCCCC)COC(=O)CCCCCCCCCCCCCCCCCCCCCCCCCC. The molecule has 0 bridgehead atoms. The predicted molar refractivity (Wildman–Crippen MR) is 303 cm³/mol. The fraction of sp³-hybridized carbons (Fsp3) is 0.891. The van der Waals surface area contributed by atoms with Crippen LogP contribution < -0.4 is 0 Å². The van der Waals surface area contributed by atoms with Crippen molar-refractivity contribution >= 4 is 17.9 Å². The maximum atomic E-state index is 12.9. The lowest BCUT2D eigenvalue weighted by Crippen LogP contribution is -2.30. The average Bonchev–Trinajstić information content (AvgIpc) is 3.36. The molecule has 0 aliphatic carbocycles. The Morgan fingerprint density at radius 2 is 0.514 bits per heavy atom. The zero-order valence-electron chi connectivity index (χ0n) is 47.3. The number of carbonyl (C=O) groups is 3. The monoisotopic (exact) mass is 985 g/mol. The molecule has 1 atom stereocenters. The molecule has 0 aliphatic rings. The molecule has 0 saturated heterocycles. The molecule has 1 unspecified atom stereocenters. The molecule has 70 heavy (non-hydrogen) atoms. The molecule has 0 aromatic heterocycles. The first-order valence-electron chi connectivity index (χ1n) is 31.3. The summed E-state index contributed by atoms with van der Waals surface area (Å²) in [5.74, 6) is -0.861. The van der Waals surface area contributed by atoms with Crippen LogP contribution in [0.5, 0.6) is 0 Å². The van der Waals surface area contributed by atoms with Gasteiger partial charge in [-0.25, -0.2) is 0 Å². The van der Waals surface area contributed by atoms with E-state index in [1.165, 1.54) is 231 Å². The van der Waals surface area contributed by atoms with Crippen molar-refractivity contribution in [2.24, 2.45) is 0 Å². The van der Waals surface area contributed by atoms with Gasteiger partial charge in [0, 0.05) is 19.3 Å². The molecule has 0 spiro atoms. The second-order valence-corrected chi connectivity index (χ2v) is 21.3. The van der Waals surface area contributed by atoms with Crippen molar-refractivity contribution in [3.05, 3.63) is 24.3 Å². The quantitative estimate of drug-likeness (QED) is 0.0261. The van der Waals surface area contributed by atoms with Crippen molar-refractivity contribution in [1.29, 1.82) is 0 Å². The Hall–Kier alpha value is -2.11. The molecule has 412 valence electrons. The number of unbranched alkanes of at least 4 members (excludes halogenated alkanes) is 43. The highest BCUT2D eigenvalue weighted by Gasteiger charge is 2.19. The number of ether oxygens (including phenoxy) is 3. The molecule has 0 aromatic carbocycles. The van der Waals surface area contributed by atoms with Gasteiger partial charge in [-0.3, -0.25) is 14.4 Å². The first-order valence-corrected chi connectivity index (χ1v) is 31.3. The molecule has 0 N–H and O–H groups in total. The van der Waals surface area contributed by atoms with Gasteiger partial charge in [0.15, 0.2) is 6.10 Å². The second-order valence-electron chi connectivity index (χ2n) is 21.3. The van der Waals surface area contributed by atoms with Crippen LogP contribution in [-0.4, -0.2) is 37.2 Å². The largest absolute Gasteiger partial charge is 0.462 e. The van der Waals surface area contributed by atoms with Crippen molar-refractivity contribution in [2.45, 2.75) is 354 Å². The Morgan fingerprint density at radius 1 is 0.286 bits per heavy atom. The minimum absolute atomic E-state index is 0.0713. The van der Waals surface area contributed by atoms with E-state index >= 15 is 0 Å². The van der Waals surface area contributed by atoms with Gasteiger partial charge in [0.2, 0.25) is 0 Å². The molecule has 0 heterocycles. The Bertz CT molecular complexity index is 1130. The maximum absolute atomic E-state index is 12.9. The van der Waals surface area contributed by atoms with E-state index in [0.717, 1.165) is 77.0 Å². The Morgan fingerprint density at radius 3 is 0.814 bits per heavy atom. The van der Waals surface area contributed by atoms with E-state index in [4.69, 9.17) is 14.2 Å². The second kappa shape index (κ2) is 59.5. The molecule has 0 aliphatic heterocycles. The van der Waals surface area contributed by atoms with Crippen LogP contribution in [0.4, 0.5) is 0 Å². The fourth-order valence-electron chi connectivity index (χ4n) is 9.48. The third-order valence-corrected chi connectivity index (χ3v) is 14.2. The molecule has 0 radical (unpaired) electrons. The number of hydrogen-bond donors (Lipinski definition) is 0. The summed E-state index contributed by atoms with van der Waals surface area (Å²) in [6, 6.07) is 0. The summed E-state index contributed by atoms with van der Waals surface area (Å²) in [7, 11) is 0. The molecule has 0 saturated carbocycles. The summed E-state index contributed by atoms with van der Waals surface area (Å²) in [5, 5.41) is 0. The van der Waals surface area contributed by atoms with Gasteiger partial charge in [0.25, 0.3) is 0 Å². The van der Waals surface area contributed by atoms with Crippen LogP contribution in [0.25, 0.3) is 0 Å². The van der Waals surface area contributed by atoms with Crippen LogP contribution >= 0.6 is 0 Å². The summed E-state index contributed by atoms with van der Waals surface area (Å²) in [5.41, 5.74) is 0. The van der Waals surface area contributed by atoms with Gasteiger partial charge in [-0.1, -0.05) is 302 Å². The van der Waals surface area contributed by atoms with Crippen LogP contribution in [0, 0.1) is 0 Å². The highest BCUT2D eigenvalue weighted by Crippen LogP contribution is 2.18. The fourth-order valence-corrected chi connectivity index (χ4v) is 9.48. The van der Waals surface area contributed by atoms with E-state index in [-0.39, 0.29) is 31.1 Å². The first-order chi connectivity index (χ1) is 34.5. The van der Waals surface area contributed by atoms with E-state index in [1.807, 2.05) is 0 Å². The van der Waals surface area contributed by atoms with E-state index in [9.17, 15) is 14.4 Å². The minimum atomic E-state index is -0.774. The topological polar surface area (TPSA) is 78.9 Å². The predicted octanol–water partition coefficient (Wildman–Crippen LogP) is 21.1. The van der Waals surface area contributed by atoms with Crippen molar-refractivity contribution < 1.29 is 28.6 Å². The summed E-state index contributed by atoms with van der Waals surface area (Å²) >= 11 is 0. The molecule has 0 aromatic rings. The van der Waals surface area contributed by atoms with Gasteiger partial charge >= 0.3 is 17.9 Å². The Labute approximate surface area is 436 Å². The highest BCUT2D eigenvalue weighted by atomic mass is 16.6. The molecule has 0 amide bonds. The van der Waals surface area contributed by atoms with Gasteiger partial charge in [-0.05, 0) is 51.4 Å². The van der Waals surface area contributed by atoms with Gasteiger partial charge in [0.05, 0.1) is 0 Å². The molecule has 6 heteroatoms. The van der Waals surface area contributed by atoms with Crippen molar-refractivity contribution in [1.82, 2.24) is 0 Å². The summed E-state index contributed by atoms with van der Waals surface area (Å²) < 4.78 is 16.9. The molecule has 0 fully saturated rings. The van der Waals surface area contributed by atoms with Gasteiger partial charge in [-0.15, -0.1) is 0 Å². The van der Waals surface area contributed by atoms with Gasteiger partial charge < -0.3 is 14.2 Å². The Balaban J connectivity index is 4.23. The van der Waals surface area contributed by atoms with Crippen molar-refractivity contribution in [3.8, 4) is 0 Å². The van der Waals surface area contributed by atoms with Gasteiger partial charge in [-0.2, -0.15) is 0 Å². The lowest BCUT2D eigenvalue weighted by atomic mass is 10.0. The molecular weight excluding hydrogens is 865 g/mol. The lowest BCUT2D eigenvalue weighted by molar-refractivity contribution is -0.167. The van der Waals surface area contributed by atoms with Crippen molar-refractivity contribution in [2.75, 3.05) is 13.2 Å². The van der Waals surface area contributed by atoms with Crippen LogP contribution in [0.3, 0.4) is 0 Å². The summed E-state index contributed by atoms with van der Waals surface area (Å²) in [6.45, 7) is 6.66. The maximum Gasteiger partial charge on any atom is 0.306 e. The van der Waals surface area contributed by atoms with Crippen molar-refractivity contribution in [3.63, 3.8) is 0 Å². The van der Waals surface area contributed by atoms with Crippen LogP contribution in [0.1, 0.15) is 348 Å². The molecule has 0 rings (SSSR count). The van der Waals surface area contributed by atoms with E-state index in [0.29, 0.717) is 19.3 Å². The molecular formula is C64H120O6. The first kappa shape index (κ1) is 67.9. The zero-order chi connectivity index (χ0) is 50.7. The smallest absolute Gasteiger partial charge is 0.306 e. The van der Waals surface area contributed by atoms with Gasteiger partial charge in [0.1, 0.15) is 13.2 Å². The number of esters is 3. The number of rotatable bonds is 58. The normalized spacial score (nSPS) is 12.1. The number of allylic oxidation sites excluding steroid dienone is 4. The minimum Gasteiger partial charge on any atom is -0.462 e. The Kier molecular flexibility index (Phi) is 57.7. The number of hydrogen-bond acceptors (Lipinski definition) is 6. The number of carbonyl (C=O) groups excluding carboxylic acids is 3. The summed E-state index contributed by atoms with van der Waals surface area (Å²) in [6.07, 6.45) is 70.4. The van der Waals surface area contributed by atoms with Crippen LogP contribution in [0.2, 0.25) is 0 Å². The van der Waals surface area contributed by atoms with E-state index in [1.54, 1.807) is 0 Å². The average molecular weight is 986 g/mol. The standard InChI is InChI=1S/C64H120O6/c1-4-7-10-13-16-19-22-25-27-28-29-30-31-32-33-34-35-37-39-42-45-48-51-54-57-63(66)69-60-61(59-68-62(65)56-53-50-47-44-41-38-24-21-18-15-12-9-6-3)70-64(67)58-55-52-49-46-43-40-36-26-23-20-17-14-11-8-5-2/h17,20,26,36,61H,4-16,18-19,21-25,27-35,37-60H2,1-3H3/b20-17-,36-26-. The highest BCUT2D eigenvalue weighted by molar-refractivity contribution is 5.71. The van der Waals surface area contributed by atoms with E-state index < -0.39 is 6.10 Å². The molecule has 6 nitrogen and oxygen atoms in total. The summed E-state index contributed by atoms with van der Waals surface area (Å²) in [4.78, 5) is 38.2. The third-order valence-electron chi connectivity index (χ3n) is 14.2. The third kappa shape index (κ3) is 56.8. The van der Waals surface area contributed by atoms with E-state index in [2.05, 4.69) is 45.1 Å².